The predicted molar refractivity (Wildman–Crippen MR) is 199 cm³/mol. The number of carbonyl (C=O) groups is 1. The monoisotopic (exact) mass is 677 g/mol. The minimum absolute atomic E-state index is 0.110. The van der Waals surface area contributed by atoms with Crippen LogP contribution in [-0.2, 0) is 29.5 Å². The van der Waals surface area contributed by atoms with Gasteiger partial charge in [0.2, 0.25) is 11.7 Å². The smallest absolute Gasteiger partial charge is 0.238 e. The van der Waals surface area contributed by atoms with Gasteiger partial charge in [0.25, 0.3) is 0 Å². The molecule has 1 atom stereocenters. The topological polar surface area (TPSA) is 63.7 Å². The van der Waals surface area contributed by atoms with E-state index in [2.05, 4.69) is 40.1 Å². The lowest BCUT2D eigenvalue weighted by molar-refractivity contribution is -0.124. The van der Waals surface area contributed by atoms with Crippen LogP contribution in [0.4, 0.5) is 5.69 Å². The van der Waals surface area contributed by atoms with Crippen LogP contribution in [0.15, 0.2) is 91.0 Å². The summed E-state index contributed by atoms with van der Waals surface area (Å²) in [4.78, 5) is 21.3. The summed E-state index contributed by atoms with van der Waals surface area (Å²) < 4.78 is 23.1. The Morgan fingerprint density at radius 3 is 2.02 bits per heavy atom. The van der Waals surface area contributed by atoms with E-state index < -0.39 is 5.41 Å². The van der Waals surface area contributed by atoms with Gasteiger partial charge in [0, 0.05) is 51.0 Å². The summed E-state index contributed by atoms with van der Waals surface area (Å²) in [5.41, 5.74) is 4.70. The zero-order chi connectivity index (χ0) is 34.9. The molecule has 4 aromatic rings. The fourth-order valence-corrected chi connectivity index (χ4v) is 7.62. The molecule has 50 heavy (non-hydrogen) atoms. The molecule has 2 aliphatic rings. The van der Waals surface area contributed by atoms with E-state index >= 15 is 0 Å². The van der Waals surface area contributed by atoms with Gasteiger partial charge in [-0.3, -0.25) is 4.79 Å². The number of hydrogen-bond donors (Lipinski definition) is 0. The highest BCUT2D eigenvalue weighted by molar-refractivity contribution is 6.04. The third kappa shape index (κ3) is 7.77. The second-order valence-corrected chi connectivity index (χ2v) is 13.4. The van der Waals surface area contributed by atoms with Crippen molar-refractivity contribution in [2.45, 2.75) is 37.5 Å². The molecule has 0 bridgehead atoms. The maximum Gasteiger partial charge on any atom is 0.238 e. The van der Waals surface area contributed by atoms with Crippen molar-refractivity contribution in [3.8, 4) is 23.0 Å². The second-order valence-electron chi connectivity index (χ2n) is 13.4. The zero-order valence-electron chi connectivity index (χ0n) is 30.0. The molecule has 1 unspecified atom stereocenters. The molecule has 2 heterocycles. The standard InChI is InChI=1S/C42H51N3O5/c1-43-36-18-10-8-16-34(36)31-42(41(43)46,30-32-14-6-5-7-15-32)35-17-9-11-19-37(35)50-27-13-12-21-44-23-25-45(26-24-44)22-20-33-28-38(47-2)40(49-4)39(29-33)48-3/h5-11,14-19,28-29H,12-13,20-27,30-31H2,1-4H3. The molecule has 2 aliphatic heterocycles. The van der Waals surface area contributed by atoms with Crippen molar-refractivity contribution in [1.82, 2.24) is 9.80 Å². The van der Waals surface area contributed by atoms with E-state index in [-0.39, 0.29) is 5.91 Å². The van der Waals surface area contributed by atoms with Crippen molar-refractivity contribution >= 4 is 11.6 Å². The molecule has 0 radical (unpaired) electrons. The molecule has 4 aromatic carbocycles. The van der Waals surface area contributed by atoms with Crippen molar-refractivity contribution in [3.63, 3.8) is 0 Å². The normalized spacial score (nSPS) is 18.1. The van der Waals surface area contributed by atoms with Crippen molar-refractivity contribution in [1.29, 1.82) is 0 Å². The van der Waals surface area contributed by atoms with E-state index in [0.717, 1.165) is 81.1 Å². The molecule has 8 nitrogen and oxygen atoms in total. The number of nitrogens with zero attached hydrogens (tertiary/aromatic N) is 3. The zero-order valence-corrected chi connectivity index (χ0v) is 30.0. The van der Waals surface area contributed by atoms with E-state index in [4.69, 9.17) is 18.9 Å². The molecular weight excluding hydrogens is 626 g/mol. The molecule has 0 spiro atoms. The first-order chi connectivity index (χ1) is 24.5. The van der Waals surface area contributed by atoms with Gasteiger partial charge in [-0.15, -0.1) is 0 Å². The first-order valence-electron chi connectivity index (χ1n) is 17.8. The molecule has 1 fully saturated rings. The Hall–Kier alpha value is -4.53. The number of anilines is 1. The number of amides is 1. The fourth-order valence-electron chi connectivity index (χ4n) is 7.62. The molecular formula is C42H51N3O5. The van der Waals surface area contributed by atoms with Crippen molar-refractivity contribution < 1.29 is 23.7 Å². The molecule has 0 saturated carbocycles. The number of piperazine rings is 1. The predicted octanol–water partition coefficient (Wildman–Crippen LogP) is 6.43. The molecule has 0 N–H and O–H groups in total. The van der Waals surface area contributed by atoms with Crippen molar-refractivity contribution in [2.24, 2.45) is 0 Å². The lowest BCUT2D eigenvalue weighted by Crippen LogP contribution is -2.52. The van der Waals surface area contributed by atoms with Gasteiger partial charge in [-0.25, -0.2) is 0 Å². The van der Waals surface area contributed by atoms with Gasteiger partial charge < -0.3 is 33.6 Å². The van der Waals surface area contributed by atoms with Crippen LogP contribution < -0.4 is 23.8 Å². The average molecular weight is 678 g/mol. The number of para-hydroxylation sites is 2. The first kappa shape index (κ1) is 35.3. The highest BCUT2D eigenvalue weighted by Crippen LogP contribution is 2.45. The number of likely N-dealkylation sites (N-methyl/N-ethyl adjacent to an activating group) is 1. The van der Waals surface area contributed by atoms with Gasteiger partial charge >= 0.3 is 0 Å². The lowest BCUT2D eigenvalue weighted by Gasteiger charge is -2.42. The van der Waals surface area contributed by atoms with Crippen molar-refractivity contribution in [2.75, 3.05) is 79.2 Å². The SMILES string of the molecule is COc1cc(CCN2CCN(CCCCOc3ccccc3C3(Cc4ccccc4)Cc4ccccc4N(C)C3=O)CC2)cc(OC)c1OC. The number of ether oxygens (including phenoxy) is 4. The molecule has 264 valence electrons. The largest absolute Gasteiger partial charge is 0.493 e. The van der Waals surface area contributed by atoms with Gasteiger partial charge in [0.15, 0.2) is 11.5 Å². The number of benzene rings is 4. The molecule has 0 aromatic heterocycles. The summed E-state index contributed by atoms with van der Waals surface area (Å²) >= 11 is 0. The summed E-state index contributed by atoms with van der Waals surface area (Å²) in [6.45, 7) is 6.93. The fraction of sp³-hybridized carbons (Fsp3) is 0.405. The summed E-state index contributed by atoms with van der Waals surface area (Å²) in [7, 11) is 6.85. The third-order valence-corrected chi connectivity index (χ3v) is 10.3. The highest BCUT2D eigenvalue weighted by Gasteiger charge is 2.48. The van der Waals surface area contributed by atoms with Gasteiger partial charge in [-0.05, 0) is 79.6 Å². The van der Waals surface area contributed by atoms with Gasteiger partial charge in [-0.2, -0.15) is 0 Å². The average Bonchev–Trinajstić information content (AvgIpc) is 3.16. The summed E-state index contributed by atoms with van der Waals surface area (Å²) in [6, 6.07) is 30.9. The Balaban J connectivity index is 1.02. The van der Waals surface area contributed by atoms with E-state index in [0.29, 0.717) is 36.7 Å². The van der Waals surface area contributed by atoms with Crippen LogP contribution in [0.5, 0.6) is 23.0 Å². The summed E-state index contributed by atoms with van der Waals surface area (Å²) in [5.74, 6) is 2.95. The van der Waals surface area contributed by atoms with E-state index in [1.165, 1.54) is 11.1 Å². The number of rotatable bonds is 15. The van der Waals surface area contributed by atoms with Crippen LogP contribution in [0.3, 0.4) is 0 Å². The Morgan fingerprint density at radius 2 is 1.32 bits per heavy atom. The Morgan fingerprint density at radius 1 is 0.680 bits per heavy atom. The van der Waals surface area contributed by atoms with Crippen LogP contribution in [-0.4, -0.2) is 90.0 Å². The summed E-state index contributed by atoms with van der Waals surface area (Å²) in [6.07, 6.45) is 4.20. The number of methoxy groups -OCH3 is 3. The third-order valence-electron chi connectivity index (χ3n) is 10.3. The van der Waals surface area contributed by atoms with Gasteiger partial charge in [0.1, 0.15) is 5.75 Å². The van der Waals surface area contributed by atoms with Crippen molar-refractivity contribution in [3.05, 3.63) is 113 Å². The van der Waals surface area contributed by atoms with Crippen LogP contribution >= 0.6 is 0 Å². The van der Waals surface area contributed by atoms with Crippen LogP contribution in [0.25, 0.3) is 0 Å². The van der Waals surface area contributed by atoms with Crippen LogP contribution in [0.1, 0.15) is 35.1 Å². The summed E-state index contributed by atoms with van der Waals surface area (Å²) in [5, 5.41) is 0. The van der Waals surface area contributed by atoms with Gasteiger partial charge in [0.05, 0.1) is 33.4 Å². The number of carbonyl (C=O) groups excluding carboxylic acids is 1. The van der Waals surface area contributed by atoms with Gasteiger partial charge in [-0.1, -0.05) is 66.7 Å². The molecule has 8 heteroatoms. The maximum atomic E-state index is 14.4. The first-order valence-corrected chi connectivity index (χ1v) is 17.8. The minimum atomic E-state index is -0.758. The molecule has 1 amide bonds. The quantitative estimate of drug-likeness (QED) is 0.135. The number of fused-ring (bicyclic) bond motifs is 1. The number of hydrogen-bond acceptors (Lipinski definition) is 7. The number of unbranched alkanes of at least 4 members (excludes halogenated alkanes) is 1. The molecule has 6 rings (SSSR count). The lowest BCUT2D eigenvalue weighted by atomic mass is 9.68. The second kappa shape index (κ2) is 16.5. The minimum Gasteiger partial charge on any atom is -0.493 e. The Bertz CT molecular complexity index is 1700. The van der Waals surface area contributed by atoms with E-state index in [1.54, 1.807) is 21.3 Å². The maximum absolute atomic E-state index is 14.4. The van der Waals surface area contributed by atoms with E-state index in [1.807, 2.05) is 72.6 Å². The Kier molecular flexibility index (Phi) is 11.6. The van der Waals surface area contributed by atoms with E-state index in [9.17, 15) is 4.79 Å². The molecule has 1 saturated heterocycles. The molecule has 0 aliphatic carbocycles. The van der Waals surface area contributed by atoms with Crippen LogP contribution in [0.2, 0.25) is 0 Å². The highest BCUT2D eigenvalue weighted by atomic mass is 16.5. The van der Waals surface area contributed by atoms with Crippen LogP contribution in [0, 0.1) is 0 Å². The Labute approximate surface area is 297 Å².